The summed E-state index contributed by atoms with van der Waals surface area (Å²) in [6.45, 7) is 3.06. The molecule has 0 aromatic carbocycles. The quantitative estimate of drug-likeness (QED) is 0.484. The van der Waals surface area contributed by atoms with Crippen LogP contribution < -0.4 is 5.73 Å². The maximum Gasteiger partial charge on any atom is 0.314 e. The van der Waals surface area contributed by atoms with Gasteiger partial charge in [0.15, 0.2) is 0 Å². The third-order valence-electron chi connectivity index (χ3n) is 3.72. The summed E-state index contributed by atoms with van der Waals surface area (Å²) < 4.78 is 0. The Labute approximate surface area is 119 Å². The van der Waals surface area contributed by atoms with E-state index in [-0.39, 0.29) is 6.03 Å². The van der Waals surface area contributed by atoms with Crippen LogP contribution in [0.4, 0.5) is 4.79 Å². The molecule has 0 heterocycles. The molecule has 0 aliphatic carbocycles. The minimum atomic E-state index is -0.317. The lowest BCUT2D eigenvalue weighted by Gasteiger charge is -2.13. The molecule has 0 bridgehead atoms. The van der Waals surface area contributed by atoms with Gasteiger partial charge in [0.2, 0.25) is 0 Å². The molecule has 0 aliphatic heterocycles. The first-order valence-electron chi connectivity index (χ1n) is 8.19. The molecule has 0 fully saturated rings. The second kappa shape index (κ2) is 13.7. The summed E-state index contributed by atoms with van der Waals surface area (Å²) >= 11 is 0. The molecule has 0 aromatic rings. The van der Waals surface area contributed by atoms with Crippen LogP contribution >= 0.6 is 0 Å². The molecule has 0 aliphatic rings. The van der Waals surface area contributed by atoms with Gasteiger partial charge in [0.25, 0.3) is 0 Å². The topological polar surface area (TPSA) is 46.3 Å². The Hall–Kier alpha value is -0.730. The largest absolute Gasteiger partial charge is 0.351 e. The van der Waals surface area contributed by atoms with E-state index in [1.165, 1.54) is 70.6 Å². The molecule has 2 amide bonds. The third-order valence-corrected chi connectivity index (χ3v) is 3.72. The lowest BCUT2D eigenvalue weighted by Crippen LogP contribution is -2.32. The lowest BCUT2D eigenvalue weighted by molar-refractivity contribution is 0.217. The smallest absolute Gasteiger partial charge is 0.314 e. The van der Waals surface area contributed by atoms with Crippen molar-refractivity contribution in [1.29, 1.82) is 0 Å². The van der Waals surface area contributed by atoms with Crippen LogP contribution in [0.5, 0.6) is 0 Å². The molecule has 0 rings (SSSR count). The van der Waals surface area contributed by atoms with Crippen molar-refractivity contribution in [2.24, 2.45) is 5.73 Å². The molecule has 2 N–H and O–H groups in total. The fraction of sp³-hybridized carbons (Fsp3) is 0.938. The highest BCUT2D eigenvalue weighted by Gasteiger charge is 2.01. The zero-order valence-electron chi connectivity index (χ0n) is 13.1. The van der Waals surface area contributed by atoms with Gasteiger partial charge < -0.3 is 10.6 Å². The third kappa shape index (κ3) is 13.5. The Morgan fingerprint density at radius 3 is 1.53 bits per heavy atom. The molecule has 3 heteroatoms. The first kappa shape index (κ1) is 18.3. The Morgan fingerprint density at radius 2 is 1.16 bits per heavy atom. The van der Waals surface area contributed by atoms with Crippen molar-refractivity contribution >= 4 is 6.03 Å². The van der Waals surface area contributed by atoms with Crippen molar-refractivity contribution in [2.75, 3.05) is 13.6 Å². The van der Waals surface area contributed by atoms with E-state index in [0.717, 1.165) is 13.0 Å². The van der Waals surface area contributed by atoms with Crippen LogP contribution in [-0.4, -0.2) is 24.5 Å². The lowest BCUT2D eigenvalue weighted by atomic mass is 10.1. The molecule has 0 saturated heterocycles. The van der Waals surface area contributed by atoms with Gasteiger partial charge in [-0.15, -0.1) is 0 Å². The monoisotopic (exact) mass is 270 g/mol. The molecule has 19 heavy (non-hydrogen) atoms. The fourth-order valence-electron chi connectivity index (χ4n) is 2.30. The van der Waals surface area contributed by atoms with Crippen LogP contribution in [0.15, 0.2) is 0 Å². The molecular formula is C16H34N2O. The molecular weight excluding hydrogens is 236 g/mol. The van der Waals surface area contributed by atoms with E-state index < -0.39 is 0 Å². The fourth-order valence-corrected chi connectivity index (χ4v) is 2.30. The second-order valence-electron chi connectivity index (χ2n) is 5.65. The van der Waals surface area contributed by atoms with Crippen molar-refractivity contribution in [3.63, 3.8) is 0 Å². The van der Waals surface area contributed by atoms with Gasteiger partial charge in [-0.3, -0.25) is 0 Å². The van der Waals surface area contributed by atoms with Crippen LogP contribution in [0.1, 0.15) is 84.0 Å². The average molecular weight is 270 g/mol. The number of primary amides is 1. The maximum atomic E-state index is 10.8. The van der Waals surface area contributed by atoms with Gasteiger partial charge in [-0.1, -0.05) is 77.6 Å². The summed E-state index contributed by atoms with van der Waals surface area (Å²) in [5.41, 5.74) is 5.16. The van der Waals surface area contributed by atoms with Gasteiger partial charge in [0, 0.05) is 13.6 Å². The van der Waals surface area contributed by atoms with Crippen LogP contribution in [0.3, 0.4) is 0 Å². The van der Waals surface area contributed by atoms with E-state index in [9.17, 15) is 4.79 Å². The van der Waals surface area contributed by atoms with E-state index in [2.05, 4.69) is 6.92 Å². The van der Waals surface area contributed by atoms with E-state index in [1.54, 1.807) is 11.9 Å². The molecule has 0 radical (unpaired) electrons. The highest BCUT2D eigenvalue weighted by molar-refractivity contribution is 5.71. The second-order valence-corrected chi connectivity index (χ2v) is 5.65. The summed E-state index contributed by atoms with van der Waals surface area (Å²) in [5.74, 6) is 0. The van der Waals surface area contributed by atoms with Crippen molar-refractivity contribution in [3.8, 4) is 0 Å². The molecule has 3 nitrogen and oxygen atoms in total. The molecule has 114 valence electrons. The van der Waals surface area contributed by atoms with E-state index in [0.29, 0.717) is 0 Å². The van der Waals surface area contributed by atoms with Gasteiger partial charge in [0.1, 0.15) is 0 Å². The van der Waals surface area contributed by atoms with E-state index >= 15 is 0 Å². The normalized spacial score (nSPS) is 10.6. The van der Waals surface area contributed by atoms with Gasteiger partial charge in [0.05, 0.1) is 0 Å². The number of carbonyl (C=O) groups is 1. The number of hydrogen-bond acceptors (Lipinski definition) is 1. The zero-order chi connectivity index (χ0) is 14.3. The number of nitrogens with zero attached hydrogens (tertiary/aromatic N) is 1. The van der Waals surface area contributed by atoms with Crippen molar-refractivity contribution in [1.82, 2.24) is 4.90 Å². The summed E-state index contributed by atoms with van der Waals surface area (Å²) in [5, 5.41) is 0. The van der Waals surface area contributed by atoms with Gasteiger partial charge in [-0.25, -0.2) is 4.79 Å². The first-order chi connectivity index (χ1) is 9.18. The number of rotatable bonds is 13. The molecule has 0 aromatic heterocycles. The number of hydrogen-bond donors (Lipinski definition) is 1. The van der Waals surface area contributed by atoms with Crippen LogP contribution in [0.25, 0.3) is 0 Å². The van der Waals surface area contributed by atoms with Crippen LogP contribution in [-0.2, 0) is 0 Å². The Balaban J connectivity index is 3.05. The zero-order valence-corrected chi connectivity index (χ0v) is 13.1. The standard InChI is InChI=1S/C16H34N2O/c1-3-4-5-6-7-8-9-10-11-12-13-14-15-18(2)16(17)19/h3-15H2,1-2H3,(H2,17,19). The Morgan fingerprint density at radius 1 is 0.789 bits per heavy atom. The number of carbonyl (C=O) groups excluding carboxylic acids is 1. The predicted octanol–water partition coefficient (Wildman–Crippen LogP) is 4.70. The number of nitrogens with two attached hydrogens (primary N) is 1. The van der Waals surface area contributed by atoms with Gasteiger partial charge in [-0.2, -0.15) is 0 Å². The SMILES string of the molecule is CCCCCCCCCCCCCCN(C)C(N)=O. The highest BCUT2D eigenvalue weighted by Crippen LogP contribution is 2.11. The summed E-state index contributed by atoms with van der Waals surface area (Å²) in [6, 6.07) is -0.317. The van der Waals surface area contributed by atoms with E-state index in [1.807, 2.05) is 0 Å². The molecule has 0 saturated carbocycles. The number of urea groups is 1. The maximum absolute atomic E-state index is 10.8. The highest BCUT2D eigenvalue weighted by atomic mass is 16.2. The molecule has 0 spiro atoms. The van der Waals surface area contributed by atoms with Crippen LogP contribution in [0, 0.1) is 0 Å². The van der Waals surface area contributed by atoms with Crippen molar-refractivity contribution < 1.29 is 4.79 Å². The van der Waals surface area contributed by atoms with Gasteiger partial charge in [-0.05, 0) is 6.42 Å². The van der Waals surface area contributed by atoms with Crippen molar-refractivity contribution in [3.05, 3.63) is 0 Å². The van der Waals surface area contributed by atoms with E-state index in [4.69, 9.17) is 5.73 Å². The van der Waals surface area contributed by atoms with Gasteiger partial charge >= 0.3 is 6.03 Å². The van der Waals surface area contributed by atoms with Crippen LogP contribution in [0.2, 0.25) is 0 Å². The summed E-state index contributed by atoms with van der Waals surface area (Å²) in [7, 11) is 1.76. The summed E-state index contributed by atoms with van der Waals surface area (Å²) in [6.07, 6.45) is 16.1. The molecule has 0 unspecified atom stereocenters. The van der Waals surface area contributed by atoms with Crippen molar-refractivity contribution in [2.45, 2.75) is 84.0 Å². The Bertz CT molecular complexity index is 207. The average Bonchev–Trinajstić information content (AvgIpc) is 2.39. The minimum absolute atomic E-state index is 0.317. The number of unbranched alkanes of at least 4 members (excludes halogenated alkanes) is 11. The minimum Gasteiger partial charge on any atom is -0.351 e. The summed E-state index contributed by atoms with van der Waals surface area (Å²) in [4.78, 5) is 12.4. The predicted molar refractivity (Wildman–Crippen MR) is 83.3 cm³/mol. The Kier molecular flexibility index (Phi) is 13.2. The first-order valence-corrected chi connectivity index (χ1v) is 8.19. The molecule has 0 atom stereocenters. The number of amides is 2.